The van der Waals surface area contributed by atoms with E-state index in [1.807, 2.05) is 32.0 Å². The second-order valence-corrected chi connectivity index (χ2v) is 7.58. The number of hydrogen-bond donors (Lipinski definition) is 2. The molecule has 1 amide bonds. The summed E-state index contributed by atoms with van der Waals surface area (Å²) in [7, 11) is 1.64. The molecule has 2 aliphatic heterocycles. The van der Waals surface area contributed by atoms with Gasteiger partial charge >= 0.3 is 6.16 Å². The highest BCUT2D eigenvalue weighted by Gasteiger charge is 2.43. The first kappa shape index (κ1) is 21.3. The number of piperidine rings is 1. The summed E-state index contributed by atoms with van der Waals surface area (Å²) in [6.45, 7) is 7.60. The highest BCUT2D eigenvalue weighted by atomic mass is 16.7. The van der Waals surface area contributed by atoms with Crippen LogP contribution in [0.3, 0.4) is 0 Å². The van der Waals surface area contributed by atoms with Crippen LogP contribution in [0.4, 0.5) is 4.79 Å². The Hall–Kier alpha value is -2.38. The third kappa shape index (κ3) is 4.62. The quantitative estimate of drug-likeness (QED) is 0.712. The molecule has 0 saturated carbocycles. The van der Waals surface area contributed by atoms with Crippen LogP contribution in [0.2, 0.25) is 0 Å². The Morgan fingerprint density at radius 2 is 1.97 bits per heavy atom. The predicted molar refractivity (Wildman–Crippen MR) is 109 cm³/mol. The van der Waals surface area contributed by atoms with Crippen molar-refractivity contribution in [1.82, 2.24) is 10.6 Å². The van der Waals surface area contributed by atoms with Crippen molar-refractivity contribution < 1.29 is 23.8 Å². The normalized spacial score (nSPS) is 21.1. The molecule has 1 aromatic rings. The Kier molecular flexibility index (Phi) is 6.92. The first-order chi connectivity index (χ1) is 14.0. The molecule has 29 heavy (non-hydrogen) atoms. The highest BCUT2D eigenvalue weighted by molar-refractivity contribution is 6.23. The molecule has 2 heterocycles. The third-order valence-electron chi connectivity index (χ3n) is 5.61. The van der Waals surface area contributed by atoms with Crippen molar-refractivity contribution in [2.75, 3.05) is 26.8 Å². The molecule has 2 unspecified atom stereocenters. The molecule has 0 bridgehead atoms. The SMILES string of the molecule is CCOC(=O)OC1=C(c2cc(C)ccc2C)C(=O)NC1C(OC)C1CCNCC1. The number of rotatable bonds is 6. The molecule has 7 nitrogen and oxygen atoms in total. The zero-order chi connectivity index (χ0) is 21.0. The summed E-state index contributed by atoms with van der Waals surface area (Å²) in [4.78, 5) is 25.2. The molecule has 1 saturated heterocycles. The molecule has 0 radical (unpaired) electrons. The Morgan fingerprint density at radius 1 is 1.24 bits per heavy atom. The second kappa shape index (κ2) is 9.41. The molecule has 1 aromatic carbocycles. The topological polar surface area (TPSA) is 85.9 Å². The smallest absolute Gasteiger partial charge is 0.434 e. The molecule has 3 rings (SSSR count). The molecule has 2 aliphatic rings. The van der Waals surface area contributed by atoms with Crippen molar-refractivity contribution in [2.45, 2.75) is 45.8 Å². The van der Waals surface area contributed by atoms with Gasteiger partial charge in [0.25, 0.3) is 5.91 Å². The second-order valence-electron chi connectivity index (χ2n) is 7.58. The van der Waals surface area contributed by atoms with Crippen LogP contribution < -0.4 is 10.6 Å². The Labute approximate surface area is 171 Å². The number of carbonyl (C=O) groups is 2. The van der Waals surface area contributed by atoms with E-state index in [1.54, 1.807) is 14.0 Å². The average molecular weight is 402 g/mol. The van der Waals surface area contributed by atoms with Gasteiger partial charge in [0.05, 0.1) is 18.3 Å². The van der Waals surface area contributed by atoms with Crippen molar-refractivity contribution in [3.8, 4) is 0 Å². The minimum atomic E-state index is -0.813. The van der Waals surface area contributed by atoms with Gasteiger partial charge in [0.15, 0.2) is 0 Å². The lowest BCUT2D eigenvalue weighted by molar-refractivity contribution is -0.116. The Morgan fingerprint density at radius 3 is 2.62 bits per heavy atom. The van der Waals surface area contributed by atoms with E-state index in [9.17, 15) is 9.59 Å². The molecule has 2 atom stereocenters. The van der Waals surface area contributed by atoms with Crippen LogP contribution in [0, 0.1) is 19.8 Å². The van der Waals surface area contributed by atoms with Crippen molar-refractivity contribution in [3.63, 3.8) is 0 Å². The van der Waals surface area contributed by atoms with Crippen LogP contribution in [0.1, 0.15) is 36.5 Å². The Bertz CT molecular complexity index is 798. The number of hydrogen-bond acceptors (Lipinski definition) is 6. The molecular formula is C22H30N2O5. The van der Waals surface area contributed by atoms with Crippen molar-refractivity contribution in [3.05, 3.63) is 40.6 Å². The van der Waals surface area contributed by atoms with Gasteiger partial charge in [-0.3, -0.25) is 4.79 Å². The summed E-state index contributed by atoms with van der Waals surface area (Å²) in [6, 6.07) is 5.34. The fraction of sp³-hybridized carbons (Fsp3) is 0.545. The van der Waals surface area contributed by atoms with Gasteiger partial charge in [0, 0.05) is 7.11 Å². The number of methoxy groups -OCH3 is 1. The largest absolute Gasteiger partial charge is 0.513 e. The summed E-state index contributed by atoms with van der Waals surface area (Å²) in [5, 5.41) is 6.35. The molecular weight excluding hydrogens is 372 g/mol. The van der Waals surface area contributed by atoms with Gasteiger partial charge in [-0.2, -0.15) is 0 Å². The van der Waals surface area contributed by atoms with E-state index in [2.05, 4.69) is 10.6 Å². The van der Waals surface area contributed by atoms with Crippen LogP contribution in [0.25, 0.3) is 5.57 Å². The summed E-state index contributed by atoms with van der Waals surface area (Å²) < 4.78 is 16.4. The van der Waals surface area contributed by atoms with E-state index in [4.69, 9.17) is 14.2 Å². The van der Waals surface area contributed by atoms with Gasteiger partial charge < -0.3 is 24.8 Å². The van der Waals surface area contributed by atoms with Crippen LogP contribution in [0.5, 0.6) is 0 Å². The summed E-state index contributed by atoms with van der Waals surface area (Å²) in [6.07, 6.45) is 0.743. The van der Waals surface area contributed by atoms with Gasteiger partial charge in [-0.15, -0.1) is 0 Å². The van der Waals surface area contributed by atoms with E-state index in [0.29, 0.717) is 5.57 Å². The molecule has 0 aliphatic carbocycles. The molecule has 0 spiro atoms. The van der Waals surface area contributed by atoms with Gasteiger partial charge in [-0.1, -0.05) is 23.8 Å². The van der Waals surface area contributed by atoms with Crippen LogP contribution in [-0.4, -0.2) is 51.0 Å². The van der Waals surface area contributed by atoms with Crippen molar-refractivity contribution in [1.29, 1.82) is 0 Å². The van der Waals surface area contributed by atoms with Crippen molar-refractivity contribution in [2.24, 2.45) is 5.92 Å². The summed E-state index contributed by atoms with van der Waals surface area (Å²) in [5.74, 6) is 0.261. The molecule has 2 N–H and O–H groups in total. The highest BCUT2D eigenvalue weighted by Crippen LogP contribution is 2.35. The lowest BCUT2D eigenvalue weighted by atomic mass is 9.87. The summed E-state index contributed by atoms with van der Waals surface area (Å²) in [5.41, 5.74) is 3.08. The fourth-order valence-corrected chi connectivity index (χ4v) is 4.16. The molecule has 7 heteroatoms. The lowest BCUT2D eigenvalue weighted by Gasteiger charge is -2.33. The van der Waals surface area contributed by atoms with E-state index >= 15 is 0 Å². The summed E-state index contributed by atoms with van der Waals surface area (Å²) >= 11 is 0. The standard InChI is InChI=1S/C22H30N2O5/c1-5-28-22(26)29-20-17(16-12-13(2)6-7-14(16)3)21(25)24-18(20)19(27-4)15-8-10-23-11-9-15/h6-7,12,15,18-19,23H,5,8-11H2,1-4H3,(H,24,25). The van der Waals surface area contributed by atoms with E-state index in [0.717, 1.165) is 42.6 Å². The van der Waals surface area contributed by atoms with Crippen LogP contribution >= 0.6 is 0 Å². The zero-order valence-corrected chi connectivity index (χ0v) is 17.5. The van der Waals surface area contributed by atoms with Crippen molar-refractivity contribution >= 4 is 17.6 Å². The van der Waals surface area contributed by atoms with E-state index in [1.165, 1.54) is 0 Å². The fourth-order valence-electron chi connectivity index (χ4n) is 4.16. The number of amides is 1. The first-order valence-electron chi connectivity index (χ1n) is 10.2. The zero-order valence-electron chi connectivity index (χ0n) is 17.5. The molecule has 0 aromatic heterocycles. The number of carbonyl (C=O) groups excluding carboxylic acids is 2. The maximum Gasteiger partial charge on any atom is 0.513 e. The monoisotopic (exact) mass is 402 g/mol. The minimum Gasteiger partial charge on any atom is -0.434 e. The molecule has 158 valence electrons. The van der Waals surface area contributed by atoms with Gasteiger partial charge in [-0.25, -0.2) is 4.79 Å². The first-order valence-corrected chi connectivity index (χ1v) is 10.2. The predicted octanol–water partition coefficient (Wildman–Crippen LogP) is 2.70. The number of benzene rings is 1. The number of ether oxygens (including phenoxy) is 3. The van der Waals surface area contributed by atoms with Gasteiger partial charge in [0.2, 0.25) is 0 Å². The van der Waals surface area contributed by atoms with Crippen LogP contribution in [0.15, 0.2) is 24.0 Å². The van der Waals surface area contributed by atoms with Gasteiger partial charge in [-0.05, 0) is 63.7 Å². The van der Waals surface area contributed by atoms with Gasteiger partial charge in [0.1, 0.15) is 11.8 Å². The maximum atomic E-state index is 13.0. The molecule has 1 fully saturated rings. The number of aryl methyl sites for hydroxylation is 2. The number of nitrogens with one attached hydrogen (secondary N) is 2. The van der Waals surface area contributed by atoms with E-state index in [-0.39, 0.29) is 30.3 Å². The lowest BCUT2D eigenvalue weighted by Crippen LogP contribution is -2.47. The maximum absolute atomic E-state index is 13.0. The third-order valence-corrected chi connectivity index (χ3v) is 5.61. The van der Waals surface area contributed by atoms with Crippen LogP contribution in [-0.2, 0) is 19.0 Å². The minimum absolute atomic E-state index is 0.193. The average Bonchev–Trinajstić information content (AvgIpc) is 3.01. The van der Waals surface area contributed by atoms with E-state index < -0.39 is 12.2 Å². The Balaban J connectivity index is 2.05.